The molecule has 0 N–H and O–H groups in total. The van der Waals surface area contributed by atoms with E-state index in [1.165, 1.54) is 0 Å². The standard InChI is InChI=1S/C19H16O/c20-19(16-15-18-11-5-2-6-12-18)14-8-7-13-17-9-3-1-4-10-17/h1-16H/b13-7-,14-8+,16-15-. The zero-order valence-electron chi connectivity index (χ0n) is 11.1. The van der Waals surface area contributed by atoms with Crippen LogP contribution in [0, 0.1) is 0 Å². The van der Waals surface area contributed by atoms with Crippen molar-refractivity contribution in [3.63, 3.8) is 0 Å². The smallest absolute Gasteiger partial charge is 0.178 e. The average Bonchev–Trinajstić information content (AvgIpc) is 2.52. The third-order valence-corrected chi connectivity index (χ3v) is 2.70. The maximum atomic E-state index is 11.6. The molecule has 0 radical (unpaired) electrons. The fourth-order valence-corrected chi connectivity index (χ4v) is 1.68. The Bertz CT molecular complexity index is 619. The second kappa shape index (κ2) is 7.70. The van der Waals surface area contributed by atoms with E-state index < -0.39 is 0 Å². The summed E-state index contributed by atoms with van der Waals surface area (Å²) in [4.78, 5) is 11.6. The molecule has 2 rings (SSSR count). The fourth-order valence-electron chi connectivity index (χ4n) is 1.68. The average molecular weight is 260 g/mol. The highest BCUT2D eigenvalue weighted by atomic mass is 16.1. The molecule has 0 unspecified atom stereocenters. The van der Waals surface area contributed by atoms with Gasteiger partial charge < -0.3 is 0 Å². The van der Waals surface area contributed by atoms with E-state index in [2.05, 4.69) is 0 Å². The summed E-state index contributed by atoms with van der Waals surface area (Å²) in [6.45, 7) is 0. The molecule has 2 aromatic carbocycles. The lowest BCUT2D eigenvalue weighted by molar-refractivity contribution is -0.110. The van der Waals surface area contributed by atoms with Gasteiger partial charge in [0, 0.05) is 0 Å². The number of allylic oxidation sites excluding steroid dienone is 4. The molecule has 98 valence electrons. The van der Waals surface area contributed by atoms with Gasteiger partial charge in [-0.25, -0.2) is 0 Å². The van der Waals surface area contributed by atoms with Crippen molar-refractivity contribution >= 4 is 17.9 Å². The van der Waals surface area contributed by atoms with Gasteiger partial charge in [0.25, 0.3) is 0 Å². The number of carbonyl (C=O) groups is 1. The van der Waals surface area contributed by atoms with Gasteiger partial charge >= 0.3 is 0 Å². The van der Waals surface area contributed by atoms with Crippen LogP contribution in [0.1, 0.15) is 11.1 Å². The second-order valence-electron chi connectivity index (χ2n) is 4.28. The zero-order valence-corrected chi connectivity index (χ0v) is 11.1. The number of hydrogen-bond acceptors (Lipinski definition) is 1. The molecule has 1 heteroatoms. The van der Waals surface area contributed by atoms with E-state index in [-0.39, 0.29) is 5.78 Å². The highest BCUT2D eigenvalue weighted by Crippen LogP contribution is 2.02. The van der Waals surface area contributed by atoms with Gasteiger partial charge in [0.2, 0.25) is 0 Å². The molecule has 20 heavy (non-hydrogen) atoms. The molecule has 0 saturated carbocycles. The Balaban J connectivity index is 1.87. The van der Waals surface area contributed by atoms with E-state index in [1.54, 1.807) is 18.2 Å². The molecule has 0 atom stereocenters. The quantitative estimate of drug-likeness (QED) is 0.570. The minimum absolute atomic E-state index is 0.0217. The minimum Gasteiger partial charge on any atom is -0.290 e. The number of ketones is 1. The van der Waals surface area contributed by atoms with Crippen LogP contribution < -0.4 is 0 Å². The van der Waals surface area contributed by atoms with Crippen LogP contribution in [0.15, 0.2) is 85.0 Å². The molecule has 0 amide bonds. The molecule has 2 aromatic rings. The second-order valence-corrected chi connectivity index (χ2v) is 4.28. The van der Waals surface area contributed by atoms with E-state index in [1.807, 2.05) is 78.9 Å². The van der Waals surface area contributed by atoms with Gasteiger partial charge in [-0.05, 0) is 23.3 Å². The molecule has 0 saturated heterocycles. The molecule has 0 spiro atoms. The third kappa shape index (κ3) is 4.91. The first-order chi connectivity index (χ1) is 9.84. The molecule has 0 aliphatic heterocycles. The number of hydrogen-bond donors (Lipinski definition) is 0. The maximum absolute atomic E-state index is 11.6. The van der Waals surface area contributed by atoms with E-state index in [0.717, 1.165) is 11.1 Å². The molecule has 0 aliphatic carbocycles. The summed E-state index contributed by atoms with van der Waals surface area (Å²) in [6, 6.07) is 19.7. The molecule has 1 nitrogen and oxygen atoms in total. The summed E-state index contributed by atoms with van der Waals surface area (Å²) in [5.41, 5.74) is 2.14. The highest BCUT2D eigenvalue weighted by Gasteiger charge is 1.88. The van der Waals surface area contributed by atoms with Crippen LogP contribution in [0.4, 0.5) is 0 Å². The molecular weight excluding hydrogens is 244 g/mol. The third-order valence-electron chi connectivity index (χ3n) is 2.70. The number of benzene rings is 2. The number of rotatable bonds is 5. The summed E-state index contributed by atoms with van der Waals surface area (Å²) in [7, 11) is 0. The van der Waals surface area contributed by atoms with Crippen LogP contribution in [0.3, 0.4) is 0 Å². The molecule has 0 fully saturated rings. The van der Waals surface area contributed by atoms with Crippen LogP contribution in [0.5, 0.6) is 0 Å². The Hall–Kier alpha value is -2.67. The highest BCUT2D eigenvalue weighted by molar-refractivity contribution is 6.02. The Labute approximate surface area is 119 Å². The molecular formula is C19H16O. The van der Waals surface area contributed by atoms with Crippen molar-refractivity contribution in [1.29, 1.82) is 0 Å². The van der Waals surface area contributed by atoms with Gasteiger partial charge in [-0.1, -0.05) is 85.0 Å². The van der Waals surface area contributed by atoms with Gasteiger partial charge in [0.05, 0.1) is 0 Å². The summed E-state index contributed by atoms with van der Waals surface area (Å²) in [5, 5.41) is 0. The Morgan fingerprint density at radius 2 is 1.20 bits per heavy atom. The normalized spacial score (nSPS) is 11.6. The van der Waals surface area contributed by atoms with E-state index in [0.29, 0.717) is 0 Å². The summed E-state index contributed by atoms with van der Waals surface area (Å²) >= 11 is 0. The van der Waals surface area contributed by atoms with Crippen molar-refractivity contribution in [3.05, 3.63) is 96.1 Å². The number of carbonyl (C=O) groups excluding carboxylic acids is 1. The monoisotopic (exact) mass is 260 g/mol. The van der Waals surface area contributed by atoms with Gasteiger partial charge in [-0.3, -0.25) is 4.79 Å². The first-order valence-electron chi connectivity index (χ1n) is 6.51. The first-order valence-corrected chi connectivity index (χ1v) is 6.51. The van der Waals surface area contributed by atoms with E-state index in [9.17, 15) is 4.79 Å². The van der Waals surface area contributed by atoms with Gasteiger partial charge in [-0.15, -0.1) is 0 Å². The summed E-state index contributed by atoms with van der Waals surface area (Å²) in [5.74, 6) is -0.0217. The minimum atomic E-state index is -0.0217. The lowest BCUT2D eigenvalue weighted by atomic mass is 10.2. The van der Waals surface area contributed by atoms with Crippen molar-refractivity contribution in [2.75, 3.05) is 0 Å². The van der Waals surface area contributed by atoms with Gasteiger partial charge in [-0.2, -0.15) is 0 Å². The van der Waals surface area contributed by atoms with E-state index >= 15 is 0 Å². The van der Waals surface area contributed by atoms with Gasteiger partial charge in [0.15, 0.2) is 5.78 Å². The van der Waals surface area contributed by atoms with Crippen molar-refractivity contribution in [2.24, 2.45) is 0 Å². The van der Waals surface area contributed by atoms with Crippen LogP contribution >= 0.6 is 0 Å². The first kappa shape index (κ1) is 13.8. The lowest BCUT2D eigenvalue weighted by Crippen LogP contribution is -1.83. The van der Waals surface area contributed by atoms with Crippen molar-refractivity contribution in [1.82, 2.24) is 0 Å². The Kier molecular flexibility index (Phi) is 5.29. The van der Waals surface area contributed by atoms with Crippen molar-refractivity contribution in [2.45, 2.75) is 0 Å². The maximum Gasteiger partial charge on any atom is 0.178 e. The summed E-state index contributed by atoms with van der Waals surface area (Å²) in [6.07, 6.45) is 10.5. The van der Waals surface area contributed by atoms with Gasteiger partial charge in [0.1, 0.15) is 0 Å². The predicted octanol–water partition coefficient (Wildman–Crippen LogP) is 4.54. The van der Waals surface area contributed by atoms with Crippen LogP contribution in [-0.4, -0.2) is 5.78 Å². The predicted molar refractivity (Wildman–Crippen MR) is 85.1 cm³/mol. The topological polar surface area (TPSA) is 17.1 Å². The lowest BCUT2D eigenvalue weighted by Gasteiger charge is -1.89. The Morgan fingerprint density at radius 3 is 1.80 bits per heavy atom. The van der Waals surface area contributed by atoms with Crippen LogP contribution in [0.2, 0.25) is 0 Å². The SMILES string of the molecule is O=C(/C=C\c1ccccc1)/C=C/C=C\c1ccccc1. The fraction of sp³-hybridized carbons (Fsp3) is 0. The Morgan fingerprint density at radius 1 is 0.650 bits per heavy atom. The largest absolute Gasteiger partial charge is 0.290 e. The zero-order chi connectivity index (χ0) is 14.0. The molecule has 0 aromatic heterocycles. The van der Waals surface area contributed by atoms with Crippen molar-refractivity contribution < 1.29 is 4.79 Å². The molecule has 0 aliphatic rings. The van der Waals surface area contributed by atoms with Crippen LogP contribution in [0.25, 0.3) is 12.2 Å². The molecule has 0 bridgehead atoms. The summed E-state index contributed by atoms with van der Waals surface area (Å²) < 4.78 is 0. The van der Waals surface area contributed by atoms with E-state index in [4.69, 9.17) is 0 Å². The van der Waals surface area contributed by atoms with Crippen molar-refractivity contribution in [3.8, 4) is 0 Å². The van der Waals surface area contributed by atoms with Crippen LogP contribution in [-0.2, 0) is 4.79 Å². The molecule has 0 heterocycles.